The first kappa shape index (κ1) is 9.65. The van der Waals surface area contributed by atoms with Crippen molar-refractivity contribution in [3.8, 4) is 0 Å². The van der Waals surface area contributed by atoms with Gasteiger partial charge in [-0.3, -0.25) is 4.84 Å². The van der Waals surface area contributed by atoms with Gasteiger partial charge in [0.1, 0.15) is 5.72 Å². The van der Waals surface area contributed by atoms with Crippen molar-refractivity contribution in [2.75, 3.05) is 13.2 Å². The summed E-state index contributed by atoms with van der Waals surface area (Å²) >= 11 is 0. The predicted molar refractivity (Wildman–Crippen MR) is 53.6 cm³/mol. The molecule has 14 heavy (non-hydrogen) atoms. The van der Waals surface area contributed by atoms with Gasteiger partial charge in [-0.2, -0.15) is 5.48 Å². The molecule has 1 aliphatic heterocycles. The van der Waals surface area contributed by atoms with E-state index in [2.05, 4.69) is 17.6 Å². The van der Waals surface area contributed by atoms with Crippen molar-refractivity contribution in [3.05, 3.63) is 35.9 Å². The number of hydrogen-bond acceptors (Lipinski definition) is 3. The second-order valence-corrected chi connectivity index (χ2v) is 3.69. The molecule has 0 bridgehead atoms. The number of hydrogen-bond donors (Lipinski definition) is 1. The second-order valence-electron chi connectivity index (χ2n) is 3.69. The summed E-state index contributed by atoms with van der Waals surface area (Å²) in [7, 11) is 0. The van der Waals surface area contributed by atoms with E-state index in [0.717, 1.165) is 6.42 Å². The van der Waals surface area contributed by atoms with Gasteiger partial charge in [-0.05, 0) is 12.5 Å². The van der Waals surface area contributed by atoms with Crippen molar-refractivity contribution >= 4 is 0 Å². The SMILES string of the molecule is CC1(Cc2ccccc2)NOCCO1. The van der Waals surface area contributed by atoms with Crippen molar-refractivity contribution < 1.29 is 9.57 Å². The topological polar surface area (TPSA) is 30.5 Å². The van der Waals surface area contributed by atoms with Crippen LogP contribution < -0.4 is 5.48 Å². The quantitative estimate of drug-likeness (QED) is 0.772. The predicted octanol–water partition coefficient (Wildman–Crippen LogP) is 1.50. The number of nitrogens with one attached hydrogen (secondary N) is 1. The van der Waals surface area contributed by atoms with E-state index in [1.807, 2.05) is 25.1 Å². The maximum Gasteiger partial charge on any atom is 0.142 e. The summed E-state index contributed by atoms with van der Waals surface area (Å²) in [5.74, 6) is 0. The smallest absolute Gasteiger partial charge is 0.142 e. The third-order valence-electron chi connectivity index (χ3n) is 2.28. The molecule has 0 saturated carbocycles. The lowest BCUT2D eigenvalue weighted by molar-refractivity contribution is -0.212. The minimum atomic E-state index is -0.389. The largest absolute Gasteiger partial charge is 0.356 e. The lowest BCUT2D eigenvalue weighted by Crippen LogP contribution is -2.51. The Labute approximate surface area is 84.0 Å². The Bertz CT molecular complexity index is 281. The molecule has 0 spiro atoms. The van der Waals surface area contributed by atoms with Gasteiger partial charge in [-0.15, -0.1) is 0 Å². The van der Waals surface area contributed by atoms with Gasteiger partial charge in [0.05, 0.1) is 13.2 Å². The molecule has 76 valence electrons. The van der Waals surface area contributed by atoms with Crippen molar-refractivity contribution in [3.63, 3.8) is 0 Å². The standard InChI is InChI=1S/C11H15NO2/c1-11(12-14-8-7-13-11)9-10-5-3-2-4-6-10/h2-6,12H,7-9H2,1H3. The Balaban J connectivity index is 2.02. The highest BCUT2D eigenvalue weighted by Gasteiger charge is 2.28. The van der Waals surface area contributed by atoms with Crippen LogP contribution in [0.15, 0.2) is 30.3 Å². The molecular formula is C11H15NO2. The Morgan fingerprint density at radius 1 is 1.29 bits per heavy atom. The number of ether oxygens (including phenoxy) is 1. The van der Waals surface area contributed by atoms with Crippen LogP contribution in [0.25, 0.3) is 0 Å². The van der Waals surface area contributed by atoms with Gasteiger partial charge in [-0.1, -0.05) is 30.3 Å². The van der Waals surface area contributed by atoms with Crippen LogP contribution in [-0.2, 0) is 16.0 Å². The van der Waals surface area contributed by atoms with Gasteiger partial charge in [0, 0.05) is 6.42 Å². The van der Waals surface area contributed by atoms with Crippen molar-refractivity contribution in [1.82, 2.24) is 5.48 Å². The van der Waals surface area contributed by atoms with E-state index in [9.17, 15) is 0 Å². The Morgan fingerprint density at radius 3 is 2.71 bits per heavy atom. The molecule has 0 radical (unpaired) electrons. The van der Waals surface area contributed by atoms with Crippen molar-refractivity contribution in [2.45, 2.75) is 19.1 Å². The summed E-state index contributed by atoms with van der Waals surface area (Å²) in [5, 5.41) is 0. The Hall–Kier alpha value is -0.900. The maximum atomic E-state index is 5.63. The summed E-state index contributed by atoms with van der Waals surface area (Å²) in [6.07, 6.45) is 0.813. The first-order chi connectivity index (χ1) is 6.79. The first-order valence-electron chi connectivity index (χ1n) is 4.85. The molecule has 3 heteroatoms. The van der Waals surface area contributed by atoms with Gasteiger partial charge >= 0.3 is 0 Å². The maximum absolute atomic E-state index is 5.63. The summed E-state index contributed by atoms with van der Waals surface area (Å²) < 4.78 is 5.63. The Kier molecular flexibility index (Phi) is 2.82. The average Bonchev–Trinajstić information content (AvgIpc) is 2.19. The monoisotopic (exact) mass is 193 g/mol. The highest BCUT2D eigenvalue weighted by Crippen LogP contribution is 2.16. The minimum absolute atomic E-state index is 0.389. The van der Waals surface area contributed by atoms with Crippen LogP contribution in [0.3, 0.4) is 0 Å². The molecule has 3 nitrogen and oxygen atoms in total. The lowest BCUT2D eigenvalue weighted by atomic mass is 10.0. The highest BCUT2D eigenvalue weighted by atomic mass is 16.7. The normalized spacial score (nSPS) is 27.5. The number of hydroxylamine groups is 1. The lowest BCUT2D eigenvalue weighted by Gasteiger charge is -2.34. The van der Waals surface area contributed by atoms with E-state index >= 15 is 0 Å². The van der Waals surface area contributed by atoms with Gasteiger partial charge < -0.3 is 4.74 Å². The summed E-state index contributed by atoms with van der Waals surface area (Å²) in [4.78, 5) is 5.18. The van der Waals surface area contributed by atoms with Crippen molar-refractivity contribution in [2.24, 2.45) is 0 Å². The fourth-order valence-electron chi connectivity index (χ4n) is 1.61. The van der Waals surface area contributed by atoms with E-state index in [1.54, 1.807) is 0 Å². The molecule has 1 unspecified atom stereocenters. The molecule has 0 aliphatic carbocycles. The van der Waals surface area contributed by atoms with Gasteiger partial charge in [0.25, 0.3) is 0 Å². The zero-order chi connectivity index (χ0) is 9.86. The van der Waals surface area contributed by atoms with Crippen molar-refractivity contribution in [1.29, 1.82) is 0 Å². The molecule has 1 atom stereocenters. The molecule has 0 aromatic heterocycles. The third kappa shape index (κ3) is 2.32. The molecule has 1 saturated heterocycles. The van der Waals surface area contributed by atoms with E-state index in [-0.39, 0.29) is 5.72 Å². The van der Waals surface area contributed by atoms with Crippen LogP contribution in [0.2, 0.25) is 0 Å². The fourth-order valence-corrected chi connectivity index (χ4v) is 1.61. The van der Waals surface area contributed by atoms with Gasteiger partial charge in [-0.25, -0.2) is 0 Å². The highest BCUT2D eigenvalue weighted by molar-refractivity contribution is 5.16. The molecule has 1 aromatic carbocycles. The van der Waals surface area contributed by atoms with E-state index < -0.39 is 0 Å². The zero-order valence-electron chi connectivity index (χ0n) is 8.32. The first-order valence-corrected chi connectivity index (χ1v) is 4.85. The molecule has 1 heterocycles. The average molecular weight is 193 g/mol. The molecule has 1 aliphatic rings. The summed E-state index contributed by atoms with van der Waals surface area (Å²) in [6.45, 7) is 3.26. The molecule has 1 N–H and O–H groups in total. The summed E-state index contributed by atoms with van der Waals surface area (Å²) in [6, 6.07) is 10.2. The summed E-state index contributed by atoms with van der Waals surface area (Å²) in [5.41, 5.74) is 3.78. The van der Waals surface area contributed by atoms with Crippen LogP contribution in [0.4, 0.5) is 0 Å². The van der Waals surface area contributed by atoms with Crippen LogP contribution >= 0.6 is 0 Å². The molecule has 2 rings (SSSR count). The van der Waals surface area contributed by atoms with Crippen LogP contribution in [0.1, 0.15) is 12.5 Å². The Morgan fingerprint density at radius 2 is 2.07 bits per heavy atom. The molecular weight excluding hydrogens is 178 g/mol. The number of benzene rings is 1. The molecule has 1 aromatic rings. The zero-order valence-corrected chi connectivity index (χ0v) is 8.32. The van der Waals surface area contributed by atoms with Crippen LogP contribution in [0, 0.1) is 0 Å². The third-order valence-corrected chi connectivity index (χ3v) is 2.28. The number of rotatable bonds is 2. The van der Waals surface area contributed by atoms with E-state index in [0.29, 0.717) is 13.2 Å². The minimum Gasteiger partial charge on any atom is -0.356 e. The molecule has 1 fully saturated rings. The van der Waals surface area contributed by atoms with Gasteiger partial charge in [0.2, 0.25) is 0 Å². The van der Waals surface area contributed by atoms with E-state index in [4.69, 9.17) is 9.57 Å². The molecule has 0 amide bonds. The van der Waals surface area contributed by atoms with Crippen LogP contribution in [-0.4, -0.2) is 18.9 Å². The fraction of sp³-hybridized carbons (Fsp3) is 0.455. The van der Waals surface area contributed by atoms with E-state index in [1.165, 1.54) is 5.56 Å². The van der Waals surface area contributed by atoms with Crippen LogP contribution in [0.5, 0.6) is 0 Å². The second kappa shape index (κ2) is 4.09. The van der Waals surface area contributed by atoms with Gasteiger partial charge in [0.15, 0.2) is 0 Å².